The Hall–Kier alpha value is -1.01. The molecular weight excluding hydrogens is 286 g/mol. The first-order chi connectivity index (χ1) is 9.44. The minimum atomic E-state index is -1.25. The molecule has 0 radical (unpaired) electrons. The van der Waals surface area contributed by atoms with Gasteiger partial charge in [-0.05, 0) is 43.4 Å². The molecule has 0 aromatic heterocycles. The molecule has 0 saturated carbocycles. The molecule has 2 unspecified atom stereocenters. The van der Waals surface area contributed by atoms with E-state index >= 15 is 0 Å². The van der Waals surface area contributed by atoms with E-state index in [1.165, 1.54) is 13.2 Å². The minimum Gasteiger partial charge on any atom is -0.494 e. The summed E-state index contributed by atoms with van der Waals surface area (Å²) in [4.78, 5) is 0. The van der Waals surface area contributed by atoms with E-state index in [4.69, 9.17) is 4.74 Å². The second-order valence-corrected chi connectivity index (χ2v) is 7.55. The first-order valence-corrected chi connectivity index (χ1v) is 7.87. The van der Waals surface area contributed by atoms with E-state index in [-0.39, 0.29) is 16.2 Å². The van der Waals surface area contributed by atoms with Crippen molar-refractivity contribution in [1.82, 2.24) is 0 Å². The zero-order chi connectivity index (χ0) is 14.5. The summed E-state index contributed by atoms with van der Waals surface area (Å²) in [5.74, 6) is -2.30. The Kier molecular flexibility index (Phi) is 3.33. The van der Waals surface area contributed by atoms with Crippen LogP contribution in [0.1, 0.15) is 31.2 Å². The van der Waals surface area contributed by atoms with E-state index in [1.54, 1.807) is 0 Å². The van der Waals surface area contributed by atoms with Gasteiger partial charge < -0.3 is 9.84 Å². The molecule has 110 valence electrons. The third-order valence-electron chi connectivity index (χ3n) is 4.35. The van der Waals surface area contributed by atoms with Gasteiger partial charge in [0.2, 0.25) is 5.82 Å². The van der Waals surface area contributed by atoms with E-state index in [0.29, 0.717) is 18.4 Å². The van der Waals surface area contributed by atoms with E-state index < -0.39 is 28.0 Å². The van der Waals surface area contributed by atoms with Gasteiger partial charge in [0.15, 0.2) is 11.6 Å². The van der Waals surface area contributed by atoms with E-state index in [1.807, 2.05) is 0 Å². The van der Waals surface area contributed by atoms with Gasteiger partial charge in [0.1, 0.15) is 0 Å². The van der Waals surface area contributed by atoms with Crippen molar-refractivity contribution in [3.8, 4) is 5.75 Å². The van der Waals surface area contributed by atoms with E-state index in [9.17, 15) is 18.1 Å². The fourth-order valence-electron chi connectivity index (χ4n) is 3.30. The zero-order valence-corrected chi connectivity index (χ0v) is 11.9. The summed E-state index contributed by atoms with van der Waals surface area (Å²) in [5, 5.41) is 10.7. The summed E-state index contributed by atoms with van der Waals surface area (Å²) in [6.07, 6.45) is 2.29. The van der Waals surface area contributed by atoms with Crippen LogP contribution in [0.15, 0.2) is 12.1 Å². The fourth-order valence-corrected chi connectivity index (χ4v) is 5.46. The summed E-state index contributed by atoms with van der Waals surface area (Å²) in [5.41, 5.74) is -0.941. The number of rotatable bonds is 2. The van der Waals surface area contributed by atoms with Crippen molar-refractivity contribution in [2.45, 2.75) is 41.8 Å². The third kappa shape index (κ3) is 2.05. The number of hydrogen-bond acceptors (Lipinski definition) is 3. The molecule has 2 fully saturated rings. The topological polar surface area (TPSA) is 46.5 Å². The second-order valence-electron chi connectivity index (χ2n) is 5.56. The van der Waals surface area contributed by atoms with E-state index in [2.05, 4.69) is 0 Å². The molecule has 1 aromatic carbocycles. The first-order valence-electron chi connectivity index (χ1n) is 6.60. The third-order valence-corrected chi connectivity index (χ3v) is 6.47. The van der Waals surface area contributed by atoms with Gasteiger partial charge in [0, 0.05) is 21.3 Å². The summed E-state index contributed by atoms with van der Waals surface area (Å²) < 4.78 is 43.9. The lowest BCUT2D eigenvalue weighted by Gasteiger charge is -2.36. The van der Waals surface area contributed by atoms with Crippen LogP contribution in [-0.4, -0.2) is 26.9 Å². The van der Waals surface area contributed by atoms with Gasteiger partial charge in [-0.25, -0.2) is 4.39 Å². The monoisotopic (exact) mass is 302 g/mol. The Bertz CT molecular complexity index is 560. The van der Waals surface area contributed by atoms with Crippen molar-refractivity contribution in [2.24, 2.45) is 0 Å². The Morgan fingerprint density at radius 1 is 1.30 bits per heavy atom. The highest BCUT2D eigenvalue weighted by molar-refractivity contribution is 7.86. The maximum absolute atomic E-state index is 13.6. The highest BCUT2D eigenvalue weighted by Gasteiger charge is 2.48. The molecule has 0 amide bonds. The van der Waals surface area contributed by atoms with Crippen LogP contribution in [0, 0.1) is 11.6 Å². The normalized spacial score (nSPS) is 36.1. The van der Waals surface area contributed by atoms with Gasteiger partial charge in [-0.3, -0.25) is 4.21 Å². The van der Waals surface area contributed by atoms with Crippen molar-refractivity contribution < 1.29 is 22.8 Å². The quantitative estimate of drug-likeness (QED) is 0.911. The van der Waals surface area contributed by atoms with Gasteiger partial charge in [0.25, 0.3) is 0 Å². The van der Waals surface area contributed by atoms with Crippen molar-refractivity contribution >= 4 is 10.8 Å². The number of fused-ring (bicyclic) bond motifs is 2. The molecule has 2 heterocycles. The lowest BCUT2D eigenvalue weighted by Crippen LogP contribution is -2.40. The van der Waals surface area contributed by atoms with Crippen LogP contribution >= 0.6 is 0 Å². The molecule has 0 spiro atoms. The number of aliphatic hydroxyl groups is 1. The van der Waals surface area contributed by atoms with Gasteiger partial charge in [-0.2, -0.15) is 4.39 Å². The molecule has 1 N–H and O–H groups in total. The van der Waals surface area contributed by atoms with Crippen LogP contribution in [0.25, 0.3) is 0 Å². The van der Waals surface area contributed by atoms with Crippen molar-refractivity contribution in [3.63, 3.8) is 0 Å². The average molecular weight is 302 g/mol. The molecule has 20 heavy (non-hydrogen) atoms. The van der Waals surface area contributed by atoms with Crippen molar-refractivity contribution in [3.05, 3.63) is 29.3 Å². The molecule has 0 aliphatic carbocycles. The lowest BCUT2D eigenvalue weighted by molar-refractivity contribution is 0.0178. The van der Waals surface area contributed by atoms with Gasteiger partial charge in [0.05, 0.1) is 12.7 Å². The smallest absolute Gasteiger partial charge is 0.200 e. The Labute approximate surface area is 118 Å². The summed E-state index contributed by atoms with van der Waals surface area (Å²) in [6, 6.07) is 2.36. The Balaban J connectivity index is 2.00. The van der Waals surface area contributed by atoms with Gasteiger partial charge >= 0.3 is 0 Å². The molecule has 3 nitrogen and oxygen atoms in total. The molecule has 6 heteroatoms. The maximum atomic E-state index is 13.6. The zero-order valence-electron chi connectivity index (χ0n) is 11.1. The highest BCUT2D eigenvalue weighted by Crippen LogP contribution is 2.46. The molecular formula is C14H16F2O3S. The average Bonchev–Trinajstić information content (AvgIpc) is 2.64. The van der Waals surface area contributed by atoms with Crippen LogP contribution < -0.4 is 4.74 Å². The standard InChI is InChI=1S/C14H16F2O3S/c1-19-12-5-8(4-11(15)13(12)16)14(17)6-9-2-3-10(7-14)20(9)18/h4-5,9-10,17H,2-3,6-7H2,1H3. The molecule has 1 aromatic rings. The predicted octanol–water partition coefficient (Wildman–Crippen LogP) is 2.23. The fraction of sp³-hybridized carbons (Fsp3) is 0.571. The molecule has 2 bridgehead atoms. The summed E-state index contributed by atoms with van der Waals surface area (Å²) >= 11 is 0. The Morgan fingerprint density at radius 3 is 2.45 bits per heavy atom. The van der Waals surface area contributed by atoms with Crippen molar-refractivity contribution in [2.75, 3.05) is 7.11 Å². The van der Waals surface area contributed by atoms with E-state index in [0.717, 1.165) is 18.9 Å². The first kappa shape index (κ1) is 13.9. The predicted molar refractivity (Wildman–Crippen MR) is 71.0 cm³/mol. The van der Waals surface area contributed by atoms with Gasteiger partial charge in [-0.1, -0.05) is 0 Å². The van der Waals surface area contributed by atoms with Crippen LogP contribution in [0.3, 0.4) is 0 Å². The number of benzene rings is 1. The highest BCUT2D eigenvalue weighted by atomic mass is 32.2. The molecule has 2 aliphatic heterocycles. The number of ether oxygens (including phenoxy) is 1. The summed E-state index contributed by atoms with van der Waals surface area (Å²) in [7, 11) is 0.340. The van der Waals surface area contributed by atoms with Gasteiger partial charge in [-0.15, -0.1) is 0 Å². The van der Waals surface area contributed by atoms with Crippen LogP contribution in [0.5, 0.6) is 5.75 Å². The SMILES string of the molecule is COc1cc(C2(O)CC3CCC(C2)S3=O)cc(F)c1F. The number of methoxy groups -OCH3 is 1. The second kappa shape index (κ2) is 4.77. The van der Waals surface area contributed by atoms with Crippen LogP contribution in [0.2, 0.25) is 0 Å². The van der Waals surface area contributed by atoms with Crippen molar-refractivity contribution in [1.29, 1.82) is 0 Å². The minimum absolute atomic E-state index is 0.0575. The maximum Gasteiger partial charge on any atom is 0.200 e. The molecule has 3 rings (SSSR count). The van der Waals surface area contributed by atoms with Crippen LogP contribution in [0.4, 0.5) is 8.78 Å². The van der Waals surface area contributed by atoms with Crippen LogP contribution in [-0.2, 0) is 16.4 Å². The largest absolute Gasteiger partial charge is 0.494 e. The molecule has 2 aliphatic rings. The molecule has 2 saturated heterocycles. The number of hydrogen-bond donors (Lipinski definition) is 1. The summed E-state index contributed by atoms with van der Waals surface area (Å²) in [6.45, 7) is 0. The number of halogens is 2. The lowest BCUT2D eigenvalue weighted by atomic mass is 9.85. The molecule has 2 atom stereocenters. The Morgan fingerprint density at radius 2 is 1.90 bits per heavy atom.